The van der Waals surface area contributed by atoms with E-state index in [1.54, 1.807) is 0 Å². The van der Waals surface area contributed by atoms with Crippen LogP contribution in [0.15, 0.2) is 30.3 Å². The number of carbonyl (C=O) groups excluding carboxylic acids is 1. The van der Waals surface area contributed by atoms with Crippen LogP contribution in [0.4, 0.5) is 5.82 Å². The Morgan fingerprint density at radius 1 is 1.30 bits per heavy atom. The number of hydrogen-bond donors (Lipinski definition) is 0. The summed E-state index contributed by atoms with van der Waals surface area (Å²) in [5, 5.41) is 1.01. The van der Waals surface area contributed by atoms with Crippen molar-refractivity contribution in [1.29, 1.82) is 0 Å². The molecule has 1 unspecified atom stereocenters. The maximum Gasteiger partial charge on any atom is 0.153 e. The fourth-order valence-corrected chi connectivity index (χ4v) is 2.70. The van der Waals surface area contributed by atoms with E-state index in [1.807, 2.05) is 30.3 Å². The minimum atomic E-state index is 0.469. The van der Waals surface area contributed by atoms with E-state index in [2.05, 4.69) is 23.8 Å². The molecule has 0 N–H and O–H groups in total. The van der Waals surface area contributed by atoms with E-state index >= 15 is 0 Å². The van der Waals surface area contributed by atoms with E-state index in [0.29, 0.717) is 11.6 Å². The molecule has 20 heavy (non-hydrogen) atoms. The predicted molar refractivity (Wildman–Crippen MR) is 81.4 cm³/mol. The van der Waals surface area contributed by atoms with Crippen molar-refractivity contribution in [2.75, 3.05) is 31.6 Å². The molecule has 0 spiro atoms. The number of carbonyl (C=O) groups is 1. The number of rotatable bonds is 2. The number of aldehydes is 1. The van der Waals surface area contributed by atoms with E-state index < -0.39 is 0 Å². The lowest BCUT2D eigenvalue weighted by molar-refractivity contribution is 0.112. The van der Waals surface area contributed by atoms with Crippen LogP contribution in [0.1, 0.15) is 17.3 Å². The van der Waals surface area contributed by atoms with Gasteiger partial charge in [0.15, 0.2) is 6.29 Å². The van der Waals surface area contributed by atoms with Crippen molar-refractivity contribution in [2.24, 2.45) is 0 Å². The third kappa shape index (κ3) is 2.27. The predicted octanol–water partition coefficient (Wildman–Crippen LogP) is 2.19. The van der Waals surface area contributed by atoms with Gasteiger partial charge in [0, 0.05) is 31.1 Å². The second kappa shape index (κ2) is 5.21. The number of nitrogens with zero attached hydrogens (tertiary/aromatic N) is 3. The molecule has 104 valence electrons. The minimum absolute atomic E-state index is 0.469. The molecule has 1 aliphatic rings. The van der Waals surface area contributed by atoms with Crippen molar-refractivity contribution < 1.29 is 4.79 Å². The summed E-state index contributed by atoms with van der Waals surface area (Å²) in [5.74, 6) is 0.818. The van der Waals surface area contributed by atoms with Crippen molar-refractivity contribution in [3.63, 3.8) is 0 Å². The number of hydrogen-bond acceptors (Lipinski definition) is 4. The number of fused-ring (bicyclic) bond motifs is 1. The van der Waals surface area contributed by atoms with Crippen LogP contribution >= 0.6 is 0 Å². The largest absolute Gasteiger partial charge is 0.353 e. The summed E-state index contributed by atoms with van der Waals surface area (Å²) in [6.07, 6.45) is 0.914. The molecule has 3 rings (SSSR count). The first-order valence-electron chi connectivity index (χ1n) is 6.99. The van der Waals surface area contributed by atoms with Crippen LogP contribution in [0.25, 0.3) is 10.9 Å². The lowest BCUT2D eigenvalue weighted by Crippen LogP contribution is -2.50. The summed E-state index contributed by atoms with van der Waals surface area (Å²) < 4.78 is 0. The normalized spacial score (nSPS) is 20.3. The Kier molecular flexibility index (Phi) is 3.40. The SMILES string of the molecule is CC1CN(c2nc3ccccc3cc2C=O)CCN1C. The van der Waals surface area contributed by atoms with Gasteiger partial charge in [0.25, 0.3) is 0 Å². The average Bonchev–Trinajstić information content (AvgIpc) is 2.48. The topological polar surface area (TPSA) is 36.4 Å². The molecule has 1 atom stereocenters. The molecular formula is C16H19N3O. The second-order valence-electron chi connectivity index (χ2n) is 5.49. The van der Waals surface area contributed by atoms with Crippen molar-refractivity contribution in [3.8, 4) is 0 Å². The summed E-state index contributed by atoms with van der Waals surface area (Å²) in [7, 11) is 2.14. The van der Waals surface area contributed by atoms with Gasteiger partial charge in [-0.05, 0) is 26.1 Å². The highest BCUT2D eigenvalue weighted by molar-refractivity contribution is 5.91. The van der Waals surface area contributed by atoms with Crippen LogP contribution in [0, 0.1) is 0 Å². The number of anilines is 1. The summed E-state index contributed by atoms with van der Waals surface area (Å²) >= 11 is 0. The van der Waals surface area contributed by atoms with E-state index in [1.165, 1.54) is 0 Å². The summed E-state index contributed by atoms with van der Waals surface area (Å²) in [5.41, 5.74) is 1.63. The van der Waals surface area contributed by atoms with Gasteiger partial charge in [-0.25, -0.2) is 4.98 Å². The van der Waals surface area contributed by atoms with Crippen molar-refractivity contribution in [2.45, 2.75) is 13.0 Å². The van der Waals surface area contributed by atoms with Crippen LogP contribution in [0.5, 0.6) is 0 Å². The molecule has 1 fully saturated rings. The lowest BCUT2D eigenvalue weighted by Gasteiger charge is -2.38. The van der Waals surface area contributed by atoms with Gasteiger partial charge >= 0.3 is 0 Å². The molecule has 0 bridgehead atoms. The highest BCUT2D eigenvalue weighted by Gasteiger charge is 2.23. The number of benzene rings is 1. The number of pyridine rings is 1. The number of likely N-dealkylation sites (N-methyl/N-ethyl adjacent to an activating group) is 1. The van der Waals surface area contributed by atoms with Crippen LogP contribution in [-0.2, 0) is 0 Å². The van der Waals surface area contributed by atoms with Gasteiger partial charge in [-0.3, -0.25) is 4.79 Å². The maximum absolute atomic E-state index is 11.4. The highest BCUT2D eigenvalue weighted by atomic mass is 16.1. The fraction of sp³-hybridized carbons (Fsp3) is 0.375. The Labute approximate surface area is 119 Å². The Hall–Kier alpha value is -1.94. The number of piperazine rings is 1. The van der Waals surface area contributed by atoms with Crippen molar-refractivity contribution >= 4 is 23.0 Å². The van der Waals surface area contributed by atoms with Crippen LogP contribution in [0.2, 0.25) is 0 Å². The molecule has 1 saturated heterocycles. The molecule has 1 aliphatic heterocycles. The standard InChI is InChI=1S/C16H19N3O/c1-12-10-19(8-7-18(12)2)16-14(11-20)9-13-5-3-4-6-15(13)17-16/h3-6,9,11-12H,7-8,10H2,1-2H3. The quantitative estimate of drug-likeness (QED) is 0.783. The van der Waals surface area contributed by atoms with E-state index in [-0.39, 0.29) is 0 Å². The molecule has 2 aromatic rings. The van der Waals surface area contributed by atoms with Gasteiger partial charge in [-0.1, -0.05) is 18.2 Å². The van der Waals surface area contributed by atoms with Gasteiger partial charge < -0.3 is 9.80 Å². The van der Waals surface area contributed by atoms with Gasteiger partial charge in [-0.2, -0.15) is 0 Å². The molecule has 0 amide bonds. The van der Waals surface area contributed by atoms with Crippen molar-refractivity contribution in [1.82, 2.24) is 9.88 Å². The van der Waals surface area contributed by atoms with Gasteiger partial charge in [0.2, 0.25) is 0 Å². The molecule has 0 saturated carbocycles. The zero-order valence-electron chi connectivity index (χ0n) is 11.9. The van der Waals surface area contributed by atoms with Gasteiger partial charge in [0.1, 0.15) is 5.82 Å². The molecule has 1 aromatic carbocycles. The third-order valence-corrected chi connectivity index (χ3v) is 4.12. The van der Waals surface area contributed by atoms with Crippen molar-refractivity contribution in [3.05, 3.63) is 35.9 Å². The zero-order chi connectivity index (χ0) is 14.1. The van der Waals surface area contributed by atoms with Gasteiger partial charge in [0.05, 0.1) is 11.1 Å². The first kappa shape index (κ1) is 13.1. The van der Waals surface area contributed by atoms with E-state index in [9.17, 15) is 4.79 Å². The first-order chi connectivity index (χ1) is 9.69. The lowest BCUT2D eigenvalue weighted by atomic mass is 10.1. The van der Waals surface area contributed by atoms with E-state index in [4.69, 9.17) is 4.98 Å². The number of aromatic nitrogens is 1. The summed E-state index contributed by atoms with van der Waals surface area (Å²) in [6, 6.07) is 10.3. The molecular weight excluding hydrogens is 250 g/mol. The Balaban J connectivity index is 2.03. The number of para-hydroxylation sites is 1. The fourth-order valence-electron chi connectivity index (χ4n) is 2.70. The first-order valence-corrected chi connectivity index (χ1v) is 6.99. The zero-order valence-corrected chi connectivity index (χ0v) is 11.9. The molecule has 4 heteroatoms. The average molecular weight is 269 g/mol. The Bertz CT molecular complexity index is 641. The Morgan fingerprint density at radius 3 is 2.85 bits per heavy atom. The van der Waals surface area contributed by atoms with Crippen LogP contribution in [0.3, 0.4) is 0 Å². The van der Waals surface area contributed by atoms with E-state index in [0.717, 1.165) is 42.6 Å². The molecule has 1 aromatic heterocycles. The summed E-state index contributed by atoms with van der Waals surface area (Å²) in [6.45, 7) is 5.01. The monoisotopic (exact) mass is 269 g/mol. The molecule has 0 radical (unpaired) electrons. The highest BCUT2D eigenvalue weighted by Crippen LogP contribution is 2.24. The minimum Gasteiger partial charge on any atom is -0.353 e. The maximum atomic E-state index is 11.4. The summed E-state index contributed by atoms with van der Waals surface area (Å²) in [4.78, 5) is 20.6. The third-order valence-electron chi connectivity index (χ3n) is 4.12. The Morgan fingerprint density at radius 2 is 2.10 bits per heavy atom. The smallest absolute Gasteiger partial charge is 0.153 e. The molecule has 0 aliphatic carbocycles. The van der Waals surface area contributed by atoms with Crippen LogP contribution in [-0.4, -0.2) is 48.9 Å². The van der Waals surface area contributed by atoms with Gasteiger partial charge in [-0.15, -0.1) is 0 Å². The second-order valence-corrected chi connectivity index (χ2v) is 5.49. The van der Waals surface area contributed by atoms with Crippen LogP contribution < -0.4 is 4.90 Å². The molecule has 2 heterocycles. The molecule has 4 nitrogen and oxygen atoms in total.